The van der Waals surface area contributed by atoms with Crippen LogP contribution in [0.25, 0.3) is 0 Å². The van der Waals surface area contributed by atoms with Crippen LogP contribution in [0.1, 0.15) is 16.7 Å². The second-order valence-corrected chi connectivity index (χ2v) is 5.20. The van der Waals surface area contributed by atoms with Crippen molar-refractivity contribution in [1.82, 2.24) is 4.90 Å². The minimum atomic E-state index is -0.251. The second kappa shape index (κ2) is 5.44. The highest BCUT2D eigenvalue weighted by Gasteiger charge is 2.20. The fourth-order valence-corrected chi connectivity index (χ4v) is 2.84. The topological polar surface area (TPSA) is 36.3 Å². The molecule has 0 bridgehead atoms. The van der Waals surface area contributed by atoms with E-state index in [1.807, 2.05) is 11.3 Å². The summed E-state index contributed by atoms with van der Waals surface area (Å²) in [7, 11) is 0. The van der Waals surface area contributed by atoms with Gasteiger partial charge in [0.2, 0.25) is 0 Å². The van der Waals surface area contributed by atoms with E-state index in [1.54, 1.807) is 0 Å². The molecule has 1 fully saturated rings. The Bertz CT molecular complexity index is 383. The van der Waals surface area contributed by atoms with Crippen LogP contribution in [0.5, 0.6) is 0 Å². The molecular weight excluding hydrogens is 220 g/mol. The van der Waals surface area contributed by atoms with Crippen molar-refractivity contribution in [2.45, 2.75) is 26.0 Å². The summed E-state index contributed by atoms with van der Waals surface area (Å²) in [4.78, 5) is 5.11. The van der Waals surface area contributed by atoms with Crippen LogP contribution in [-0.4, -0.2) is 30.7 Å². The molecule has 2 heterocycles. The zero-order valence-electron chi connectivity index (χ0n) is 9.48. The molecule has 0 spiro atoms. The molecule has 2 rings (SSSR count). The molecule has 0 aliphatic carbocycles. The number of nitriles is 1. The lowest BCUT2D eigenvalue weighted by molar-refractivity contribution is -0.00232. The van der Waals surface area contributed by atoms with Crippen molar-refractivity contribution in [3.05, 3.63) is 21.9 Å². The first-order valence-corrected chi connectivity index (χ1v) is 6.44. The van der Waals surface area contributed by atoms with Crippen LogP contribution in [0.4, 0.5) is 0 Å². The Balaban J connectivity index is 1.91. The highest BCUT2D eigenvalue weighted by molar-refractivity contribution is 7.11. The monoisotopic (exact) mass is 236 g/mol. The fraction of sp³-hybridized carbons (Fsp3) is 0.583. The normalized spacial score (nSPS) is 21.9. The van der Waals surface area contributed by atoms with Gasteiger partial charge >= 0.3 is 0 Å². The predicted octanol–water partition coefficient (Wildman–Crippen LogP) is 2.03. The van der Waals surface area contributed by atoms with E-state index in [4.69, 9.17) is 10.00 Å². The summed E-state index contributed by atoms with van der Waals surface area (Å²) in [6, 6.07) is 6.57. The lowest BCUT2D eigenvalue weighted by atomic mass is 10.3. The summed E-state index contributed by atoms with van der Waals surface area (Å²) in [5.41, 5.74) is 0. The molecule has 0 amide bonds. The highest BCUT2D eigenvalue weighted by atomic mass is 32.1. The first kappa shape index (κ1) is 11.6. The van der Waals surface area contributed by atoms with Crippen molar-refractivity contribution >= 4 is 11.3 Å². The quantitative estimate of drug-likeness (QED) is 0.805. The van der Waals surface area contributed by atoms with Gasteiger partial charge in [0.25, 0.3) is 0 Å². The number of ether oxygens (including phenoxy) is 1. The number of hydrogen-bond acceptors (Lipinski definition) is 4. The van der Waals surface area contributed by atoms with Crippen molar-refractivity contribution in [1.29, 1.82) is 5.26 Å². The molecule has 1 aliphatic heterocycles. The summed E-state index contributed by atoms with van der Waals surface area (Å²) in [5, 5.41) is 8.82. The zero-order chi connectivity index (χ0) is 11.4. The van der Waals surface area contributed by atoms with Crippen molar-refractivity contribution in [2.75, 3.05) is 19.7 Å². The molecule has 16 heavy (non-hydrogen) atoms. The maximum atomic E-state index is 8.82. The molecular formula is C12H16N2OS. The number of nitrogens with zero attached hydrogens (tertiary/aromatic N) is 2. The molecule has 1 atom stereocenters. The third-order valence-corrected chi connectivity index (χ3v) is 3.95. The van der Waals surface area contributed by atoms with E-state index in [0.29, 0.717) is 6.61 Å². The number of thiophene rings is 1. The van der Waals surface area contributed by atoms with Gasteiger partial charge in [0, 0.05) is 29.4 Å². The van der Waals surface area contributed by atoms with Crippen molar-refractivity contribution in [3.8, 4) is 6.07 Å². The summed E-state index contributed by atoms with van der Waals surface area (Å²) >= 11 is 1.87. The molecule has 3 nitrogen and oxygen atoms in total. The maximum absolute atomic E-state index is 8.82. The Morgan fingerprint density at radius 3 is 3.06 bits per heavy atom. The average molecular weight is 236 g/mol. The van der Waals surface area contributed by atoms with E-state index >= 15 is 0 Å². The van der Waals surface area contributed by atoms with Gasteiger partial charge in [-0.3, -0.25) is 4.90 Å². The van der Waals surface area contributed by atoms with Crippen LogP contribution >= 0.6 is 11.3 Å². The molecule has 1 aliphatic rings. The smallest absolute Gasteiger partial charge is 0.156 e. The molecule has 86 valence electrons. The molecule has 0 aromatic carbocycles. The minimum Gasteiger partial charge on any atom is -0.361 e. The van der Waals surface area contributed by atoms with Gasteiger partial charge in [-0.25, -0.2) is 0 Å². The van der Waals surface area contributed by atoms with Crippen LogP contribution in [0, 0.1) is 11.3 Å². The van der Waals surface area contributed by atoms with E-state index in [0.717, 1.165) is 26.1 Å². The predicted molar refractivity (Wildman–Crippen MR) is 64.3 cm³/mol. The molecule has 1 aromatic heterocycles. The Morgan fingerprint density at radius 2 is 2.38 bits per heavy atom. The SMILES string of the molecule is CCc1ccc(CN2CCOC(C#N)C2)s1. The summed E-state index contributed by atoms with van der Waals surface area (Å²) in [5.74, 6) is 0. The molecule has 1 unspecified atom stereocenters. The first-order valence-electron chi connectivity index (χ1n) is 5.63. The molecule has 0 N–H and O–H groups in total. The average Bonchev–Trinajstić information content (AvgIpc) is 2.77. The summed E-state index contributed by atoms with van der Waals surface area (Å²) in [6.45, 7) is 5.46. The zero-order valence-corrected chi connectivity index (χ0v) is 10.3. The Hall–Kier alpha value is -0.890. The van der Waals surface area contributed by atoms with Crippen LogP contribution in [0.2, 0.25) is 0 Å². The summed E-state index contributed by atoms with van der Waals surface area (Å²) < 4.78 is 5.32. The van der Waals surface area contributed by atoms with Crippen LogP contribution < -0.4 is 0 Å². The lowest BCUT2D eigenvalue weighted by Gasteiger charge is -2.29. The van der Waals surface area contributed by atoms with Gasteiger partial charge in [0.05, 0.1) is 12.7 Å². The number of aryl methyl sites for hydroxylation is 1. The molecule has 0 saturated carbocycles. The molecule has 1 saturated heterocycles. The van der Waals surface area contributed by atoms with Gasteiger partial charge in [-0.15, -0.1) is 11.3 Å². The van der Waals surface area contributed by atoms with Gasteiger partial charge in [0.1, 0.15) is 0 Å². The third-order valence-electron chi connectivity index (χ3n) is 2.74. The molecule has 1 aromatic rings. The van der Waals surface area contributed by atoms with Crippen LogP contribution in [0.15, 0.2) is 12.1 Å². The maximum Gasteiger partial charge on any atom is 0.156 e. The summed E-state index contributed by atoms with van der Waals surface area (Å²) in [6.07, 6.45) is 0.855. The minimum absolute atomic E-state index is 0.251. The van der Waals surface area contributed by atoms with Crippen molar-refractivity contribution in [2.24, 2.45) is 0 Å². The van der Waals surface area contributed by atoms with E-state index in [2.05, 4.69) is 30.0 Å². The first-order chi connectivity index (χ1) is 7.81. The number of rotatable bonds is 3. The van der Waals surface area contributed by atoms with Crippen LogP contribution in [0.3, 0.4) is 0 Å². The van der Waals surface area contributed by atoms with Crippen molar-refractivity contribution < 1.29 is 4.74 Å². The van der Waals surface area contributed by atoms with Crippen LogP contribution in [-0.2, 0) is 17.7 Å². The second-order valence-electron chi connectivity index (χ2n) is 3.95. The Kier molecular flexibility index (Phi) is 3.94. The van der Waals surface area contributed by atoms with E-state index in [-0.39, 0.29) is 6.10 Å². The standard InChI is InChI=1S/C12H16N2OS/c1-2-11-3-4-12(16-11)9-14-5-6-15-10(7-13)8-14/h3-4,10H,2,5-6,8-9H2,1H3. The van der Waals surface area contributed by atoms with Gasteiger partial charge in [-0.05, 0) is 18.6 Å². The fourth-order valence-electron chi connectivity index (χ4n) is 1.84. The van der Waals surface area contributed by atoms with E-state index in [9.17, 15) is 0 Å². The third kappa shape index (κ3) is 2.82. The highest BCUT2D eigenvalue weighted by Crippen LogP contribution is 2.19. The Labute approximate surface area is 100 Å². The molecule has 0 radical (unpaired) electrons. The number of morpholine rings is 1. The Morgan fingerprint density at radius 1 is 1.56 bits per heavy atom. The van der Waals surface area contributed by atoms with E-state index < -0.39 is 0 Å². The number of hydrogen-bond donors (Lipinski definition) is 0. The van der Waals surface area contributed by atoms with E-state index in [1.165, 1.54) is 9.75 Å². The lowest BCUT2D eigenvalue weighted by Crippen LogP contribution is -2.41. The van der Waals surface area contributed by atoms with Gasteiger partial charge in [-0.2, -0.15) is 5.26 Å². The van der Waals surface area contributed by atoms with Gasteiger partial charge in [-0.1, -0.05) is 6.92 Å². The van der Waals surface area contributed by atoms with Crippen molar-refractivity contribution in [3.63, 3.8) is 0 Å². The van der Waals surface area contributed by atoms with Gasteiger partial charge < -0.3 is 4.74 Å². The molecule has 4 heteroatoms. The van der Waals surface area contributed by atoms with Gasteiger partial charge in [0.15, 0.2) is 6.10 Å². The largest absolute Gasteiger partial charge is 0.361 e.